The molecule has 0 saturated heterocycles. The van der Waals surface area contributed by atoms with Gasteiger partial charge in [0.2, 0.25) is 10.0 Å². The minimum Gasteiger partial charge on any atom is -0.296 e. The minimum atomic E-state index is -3.72. The summed E-state index contributed by atoms with van der Waals surface area (Å²) in [4.78, 5) is 12.3. The Morgan fingerprint density at radius 2 is 1.71 bits per heavy atom. The Balaban J connectivity index is 1.98. The van der Waals surface area contributed by atoms with E-state index in [9.17, 15) is 13.2 Å². The molecule has 3 aromatic rings. The quantitative estimate of drug-likeness (QED) is 0.604. The summed E-state index contributed by atoms with van der Waals surface area (Å²) >= 11 is 1.08. The first-order valence-corrected chi connectivity index (χ1v) is 11.7. The van der Waals surface area contributed by atoms with Gasteiger partial charge < -0.3 is 0 Å². The van der Waals surface area contributed by atoms with E-state index >= 15 is 0 Å². The lowest BCUT2D eigenvalue weighted by molar-refractivity contribution is 0.472. The molecule has 28 heavy (non-hydrogen) atoms. The van der Waals surface area contributed by atoms with Crippen LogP contribution in [-0.4, -0.2) is 13.0 Å². The van der Waals surface area contributed by atoms with Gasteiger partial charge in [-0.3, -0.25) is 9.36 Å². The molecule has 0 aliphatic rings. The first-order valence-electron chi connectivity index (χ1n) is 9.41. The molecular formula is C21H26N2O3S2. The van der Waals surface area contributed by atoms with E-state index in [4.69, 9.17) is 0 Å². The summed E-state index contributed by atoms with van der Waals surface area (Å²) in [5, 5.41) is 0. The van der Waals surface area contributed by atoms with Gasteiger partial charge in [-0.2, -0.15) is 0 Å². The minimum absolute atomic E-state index is 0.0235. The summed E-state index contributed by atoms with van der Waals surface area (Å²) in [6.07, 6.45) is 0.697. The van der Waals surface area contributed by atoms with E-state index in [1.807, 2.05) is 44.2 Å². The van der Waals surface area contributed by atoms with E-state index in [0.29, 0.717) is 17.0 Å². The lowest BCUT2D eigenvalue weighted by Crippen LogP contribution is -2.29. The first-order chi connectivity index (χ1) is 13.2. The molecule has 0 radical (unpaired) electrons. The van der Waals surface area contributed by atoms with E-state index in [-0.39, 0.29) is 21.9 Å². The summed E-state index contributed by atoms with van der Waals surface area (Å²) in [6, 6.07) is 14.2. The third-order valence-corrected chi connectivity index (χ3v) is 7.01. The van der Waals surface area contributed by atoms with Crippen molar-refractivity contribution < 1.29 is 8.42 Å². The van der Waals surface area contributed by atoms with Gasteiger partial charge in [-0.1, -0.05) is 55.5 Å². The number of rotatable bonds is 7. The van der Waals surface area contributed by atoms with E-state index in [2.05, 4.69) is 18.6 Å². The second-order valence-electron chi connectivity index (χ2n) is 7.68. The van der Waals surface area contributed by atoms with Gasteiger partial charge in [0, 0.05) is 12.1 Å². The molecule has 1 heterocycles. The molecule has 1 atom stereocenters. The zero-order chi connectivity index (χ0) is 20.5. The second-order valence-corrected chi connectivity index (χ2v) is 10.4. The SMILES string of the molecule is CC(C)C[C@H](NS(=O)(=O)c1ccc2c(c1)sc(=O)n2C(C)C)c1ccccc1. The number of hydrogen-bond donors (Lipinski definition) is 1. The molecule has 0 amide bonds. The van der Waals surface area contributed by atoms with Crippen molar-refractivity contribution in [2.24, 2.45) is 5.92 Å². The summed E-state index contributed by atoms with van der Waals surface area (Å²) in [5.74, 6) is 0.334. The molecule has 2 aromatic carbocycles. The molecule has 0 spiro atoms. The van der Waals surface area contributed by atoms with Crippen molar-refractivity contribution in [2.45, 2.75) is 51.1 Å². The van der Waals surface area contributed by atoms with E-state index in [1.165, 1.54) is 0 Å². The molecule has 0 unspecified atom stereocenters. The van der Waals surface area contributed by atoms with Crippen molar-refractivity contribution >= 4 is 31.6 Å². The summed E-state index contributed by atoms with van der Waals surface area (Å²) in [6.45, 7) is 8.02. The molecule has 150 valence electrons. The Kier molecular flexibility index (Phi) is 6.07. The third-order valence-electron chi connectivity index (χ3n) is 4.62. The van der Waals surface area contributed by atoms with Crippen molar-refractivity contribution in [3.8, 4) is 0 Å². The molecule has 5 nitrogen and oxygen atoms in total. The van der Waals surface area contributed by atoms with Crippen molar-refractivity contribution in [2.75, 3.05) is 0 Å². The maximum Gasteiger partial charge on any atom is 0.308 e. The normalized spacial score (nSPS) is 13.5. The summed E-state index contributed by atoms with van der Waals surface area (Å²) in [5.41, 5.74) is 1.71. The van der Waals surface area contributed by atoms with Gasteiger partial charge in [0.25, 0.3) is 0 Å². The molecule has 1 aromatic heterocycles. The van der Waals surface area contributed by atoms with Crippen LogP contribution in [0.3, 0.4) is 0 Å². The molecule has 3 rings (SSSR count). The van der Waals surface area contributed by atoms with Crippen LogP contribution in [-0.2, 0) is 10.0 Å². The second kappa shape index (κ2) is 8.19. The number of benzene rings is 2. The maximum atomic E-state index is 13.1. The Bertz CT molecular complexity index is 1110. The van der Waals surface area contributed by atoms with Crippen LogP contribution < -0.4 is 9.60 Å². The molecule has 1 N–H and O–H groups in total. The first kappa shape index (κ1) is 20.8. The molecule has 7 heteroatoms. The number of hydrogen-bond acceptors (Lipinski definition) is 4. The van der Waals surface area contributed by atoms with Gasteiger partial charge in [0.1, 0.15) is 0 Å². The topological polar surface area (TPSA) is 68.2 Å². The van der Waals surface area contributed by atoms with E-state index < -0.39 is 10.0 Å². The van der Waals surface area contributed by atoms with Gasteiger partial charge in [-0.05, 0) is 49.9 Å². The highest BCUT2D eigenvalue weighted by atomic mass is 32.2. The fourth-order valence-corrected chi connectivity index (χ4v) is 5.73. The predicted molar refractivity (Wildman–Crippen MR) is 115 cm³/mol. The highest BCUT2D eigenvalue weighted by molar-refractivity contribution is 7.89. The van der Waals surface area contributed by atoms with Crippen LogP contribution in [0.15, 0.2) is 58.2 Å². The number of fused-ring (bicyclic) bond motifs is 1. The molecule has 0 saturated carbocycles. The predicted octanol–water partition coefficient (Wildman–Crippen LogP) is 4.71. The Morgan fingerprint density at radius 3 is 2.32 bits per heavy atom. The zero-order valence-electron chi connectivity index (χ0n) is 16.5. The number of thiazole rings is 1. The fraction of sp³-hybridized carbons (Fsp3) is 0.381. The van der Waals surface area contributed by atoms with Crippen LogP contribution in [0.25, 0.3) is 10.2 Å². The van der Waals surface area contributed by atoms with Gasteiger partial charge in [0.15, 0.2) is 0 Å². The van der Waals surface area contributed by atoms with Crippen LogP contribution in [0, 0.1) is 5.92 Å². The molecule has 0 aliphatic heterocycles. The van der Waals surface area contributed by atoms with Crippen molar-refractivity contribution in [1.82, 2.24) is 9.29 Å². The Hall–Kier alpha value is -1.96. The van der Waals surface area contributed by atoms with Crippen molar-refractivity contribution in [3.05, 3.63) is 63.8 Å². The van der Waals surface area contributed by atoms with Gasteiger partial charge in [0.05, 0.1) is 15.1 Å². The van der Waals surface area contributed by atoms with Gasteiger partial charge in [-0.15, -0.1) is 0 Å². The smallest absolute Gasteiger partial charge is 0.296 e. The lowest BCUT2D eigenvalue weighted by atomic mass is 9.98. The highest BCUT2D eigenvalue weighted by Gasteiger charge is 2.23. The Labute approximate surface area is 170 Å². The zero-order valence-corrected chi connectivity index (χ0v) is 18.2. The average molecular weight is 419 g/mol. The van der Waals surface area contributed by atoms with Crippen LogP contribution in [0.5, 0.6) is 0 Å². The van der Waals surface area contributed by atoms with Crippen molar-refractivity contribution in [3.63, 3.8) is 0 Å². The largest absolute Gasteiger partial charge is 0.308 e. The van der Waals surface area contributed by atoms with Gasteiger partial charge in [-0.25, -0.2) is 13.1 Å². The van der Waals surface area contributed by atoms with Crippen LogP contribution in [0.1, 0.15) is 51.8 Å². The molecule has 0 bridgehead atoms. The van der Waals surface area contributed by atoms with Gasteiger partial charge >= 0.3 is 4.87 Å². The van der Waals surface area contributed by atoms with Crippen LogP contribution >= 0.6 is 11.3 Å². The number of nitrogens with zero attached hydrogens (tertiary/aromatic N) is 1. The van der Waals surface area contributed by atoms with E-state index in [0.717, 1.165) is 22.4 Å². The summed E-state index contributed by atoms with van der Waals surface area (Å²) < 4.78 is 31.4. The third kappa shape index (κ3) is 4.37. The monoisotopic (exact) mass is 418 g/mol. The maximum absolute atomic E-state index is 13.1. The van der Waals surface area contributed by atoms with E-state index in [1.54, 1.807) is 22.8 Å². The Morgan fingerprint density at radius 1 is 1.04 bits per heavy atom. The molecule has 0 aliphatic carbocycles. The lowest BCUT2D eigenvalue weighted by Gasteiger charge is -2.21. The van der Waals surface area contributed by atoms with Crippen molar-refractivity contribution in [1.29, 1.82) is 0 Å². The number of sulfonamides is 1. The summed E-state index contributed by atoms with van der Waals surface area (Å²) in [7, 11) is -3.72. The number of nitrogens with one attached hydrogen (secondary N) is 1. The number of aromatic nitrogens is 1. The highest BCUT2D eigenvalue weighted by Crippen LogP contribution is 2.27. The van der Waals surface area contributed by atoms with Crippen LogP contribution in [0.4, 0.5) is 0 Å². The fourth-order valence-electron chi connectivity index (χ4n) is 3.34. The standard InChI is InChI=1S/C21H26N2O3S2/c1-14(2)12-18(16-8-6-5-7-9-16)22-28(25,26)17-10-11-19-20(13-17)27-21(24)23(19)15(3)4/h5-11,13-15,18,22H,12H2,1-4H3/t18-/m0/s1. The molecule has 0 fully saturated rings. The van der Waals surface area contributed by atoms with Crippen LogP contribution in [0.2, 0.25) is 0 Å². The molecular weight excluding hydrogens is 392 g/mol. The average Bonchev–Trinajstić information content (AvgIpc) is 2.96.